The molecule has 0 saturated carbocycles. The summed E-state index contributed by atoms with van der Waals surface area (Å²) in [6.45, 7) is 6.78. The molecule has 3 nitrogen and oxygen atoms in total. The van der Waals surface area contributed by atoms with Gasteiger partial charge in [-0.3, -0.25) is 0 Å². The van der Waals surface area contributed by atoms with Gasteiger partial charge in [-0.25, -0.2) is 0 Å². The van der Waals surface area contributed by atoms with Crippen LogP contribution in [0.15, 0.2) is 24.3 Å². The molecule has 1 aliphatic heterocycles. The number of para-hydroxylation sites is 1. The van der Waals surface area contributed by atoms with E-state index in [1.807, 2.05) is 0 Å². The largest absolute Gasteiger partial charge is 0.370 e. The van der Waals surface area contributed by atoms with E-state index in [0.717, 1.165) is 32.5 Å². The monoisotopic (exact) mass is 261 g/mol. The molecule has 1 saturated heterocycles. The summed E-state index contributed by atoms with van der Waals surface area (Å²) in [7, 11) is 2.21. The van der Waals surface area contributed by atoms with E-state index in [9.17, 15) is 0 Å². The first-order valence-electron chi connectivity index (χ1n) is 7.47. The SMILES string of the molecule is CCC(N)Cc1ccccc1N1CCCN(C)CC1. The van der Waals surface area contributed by atoms with E-state index < -0.39 is 0 Å². The number of benzene rings is 1. The highest BCUT2D eigenvalue weighted by atomic mass is 15.2. The number of nitrogens with two attached hydrogens (primary N) is 1. The molecule has 1 fully saturated rings. The van der Waals surface area contributed by atoms with Crippen molar-refractivity contribution < 1.29 is 0 Å². The van der Waals surface area contributed by atoms with Gasteiger partial charge in [0, 0.05) is 31.4 Å². The van der Waals surface area contributed by atoms with Crippen LogP contribution in [0.3, 0.4) is 0 Å². The second kappa shape index (κ2) is 6.92. The fourth-order valence-electron chi connectivity index (χ4n) is 2.71. The van der Waals surface area contributed by atoms with Gasteiger partial charge in [0.05, 0.1) is 0 Å². The van der Waals surface area contributed by atoms with Crippen LogP contribution in [0.25, 0.3) is 0 Å². The molecule has 1 unspecified atom stereocenters. The van der Waals surface area contributed by atoms with E-state index in [2.05, 4.69) is 48.0 Å². The predicted molar refractivity (Wildman–Crippen MR) is 82.7 cm³/mol. The zero-order chi connectivity index (χ0) is 13.7. The van der Waals surface area contributed by atoms with E-state index in [1.54, 1.807) is 0 Å². The lowest BCUT2D eigenvalue weighted by molar-refractivity contribution is 0.360. The molecule has 0 bridgehead atoms. The molecular weight excluding hydrogens is 234 g/mol. The first kappa shape index (κ1) is 14.4. The quantitative estimate of drug-likeness (QED) is 0.901. The maximum Gasteiger partial charge on any atom is 0.0399 e. The Labute approximate surface area is 117 Å². The molecule has 0 aliphatic carbocycles. The third kappa shape index (κ3) is 3.95. The van der Waals surface area contributed by atoms with E-state index in [-0.39, 0.29) is 6.04 Å². The maximum atomic E-state index is 6.13. The molecule has 19 heavy (non-hydrogen) atoms. The molecule has 2 rings (SSSR count). The Morgan fingerprint density at radius 2 is 1.95 bits per heavy atom. The van der Waals surface area contributed by atoms with Gasteiger partial charge in [-0.05, 0) is 44.5 Å². The fourth-order valence-corrected chi connectivity index (χ4v) is 2.71. The summed E-state index contributed by atoms with van der Waals surface area (Å²) < 4.78 is 0. The Hall–Kier alpha value is -1.06. The number of hydrogen-bond donors (Lipinski definition) is 1. The number of hydrogen-bond acceptors (Lipinski definition) is 3. The minimum absolute atomic E-state index is 0.274. The lowest BCUT2D eigenvalue weighted by Gasteiger charge is -2.26. The molecule has 0 spiro atoms. The third-order valence-electron chi connectivity index (χ3n) is 4.06. The first-order chi connectivity index (χ1) is 9.20. The molecule has 1 atom stereocenters. The minimum Gasteiger partial charge on any atom is -0.370 e. The molecule has 3 heteroatoms. The van der Waals surface area contributed by atoms with Crippen molar-refractivity contribution >= 4 is 5.69 Å². The van der Waals surface area contributed by atoms with Crippen LogP contribution in [0.2, 0.25) is 0 Å². The lowest BCUT2D eigenvalue weighted by Crippen LogP contribution is -2.30. The van der Waals surface area contributed by atoms with Crippen LogP contribution >= 0.6 is 0 Å². The van der Waals surface area contributed by atoms with Crippen LogP contribution in [-0.2, 0) is 6.42 Å². The van der Waals surface area contributed by atoms with Crippen molar-refractivity contribution in [3.8, 4) is 0 Å². The van der Waals surface area contributed by atoms with Gasteiger partial charge in [-0.2, -0.15) is 0 Å². The smallest absolute Gasteiger partial charge is 0.0399 e. The summed E-state index contributed by atoms with van der Waals surface area (Å²) in [6.07, 6.45) is 3.26. The van der Waals surface area contributed by atoms with Gasteiger partial charge in [-0.15, -0.1) is 0 Å². The van der Waals surface area contributed by atoms with Crippen molar-refractivity contribution in [3.63, 3.8) is 0 Å². The maximum absolute atomic E-state index is 6.13. The van der Waals surface area contributed by atoms with Crippen LogP contribution in [0.5, 0.6) is 0 Å². The third-order valence-corrected chi connectivity index (χ3v) is 4.06. The Balaban J connectivity index is 2.14. The first-order valence-corrected chi connectivity index (χ1v) is 7.47. The van der Waals surface area contributed by atoms with Crippen molar-refractivity contribution in [2.75, 3.05) is 38.1 Å². The molecule has 1 heterocycles. The van der Waals surface area contributed by atoms with Crippen LogP contribution in [0, 0.1) is 0 Å². The minimum atomic E-state index is 0.274. The van der Waals surface area contributed by atoms with Gasteiger partial charge in [0.2, 0.25) is 0 Å². The van der Waals surface area contributed by atoms with E-state index in [4.69, 9.17) is 5.73 Å². The van der Waals surface area contributed by atoms with Gasteiger partial charge in [0.25, 0.3) is 0 Å². The lowest BCUT2D eigenvalue weighted by atomic mass is 10.0. The van der Waals surface area contributed by atoms with Crippen molar-refractivity contribution in [2.24, 2.45) is 5.73 Å². The molecule has 106 valence electrons. The molecule has 1 aromatic rings. The number of likely N-dealkylation sites (N-methyl/N-ethyl adjacent to an activating group) is 1. The topological polar surface area (TPSA) is 32.5 Å². The Bertz CT molecular complexity index is 391. The van der Waals surface area contributed by atoms with Crippen LogP contribution in [-0.4, -0.2) is 44.2 Å². The summed E-state index contributed by atoms with van der Waals surface area (Å²) in [5.41, 5.74) is 8.92. The van der Waals surface area contributed by atoms with Crippen molar-refractivity contribution in [1.29, 1.82) is 0 Å². The predicted octanol–water partition coefficient (Wildman–Crippen LogP) is 2.11. The summed E-state index contributed by atoms with van der Waals surface area (Å²) in [5, 5.41) is 0. The van der Waals surface area contributed by atoms with E-state index in [1.165, 1.54) is 24.2 Å². The average Bonchev–Trinajstić information content (AvgIpc) is 2.64. The average molecular weight is 261 g/mol. The number of anilines is 1. The zero-order valence-electron chi connectivity index (χ0n) is 12.3. The van der Waals surface area contributed by atoms with Crippen LogP contribution < -0.4 is 10.6 Å². The Kier molecular flexibility index (Phi) is 5.23. The highest BCUT2D eigenvalue weighted by Gasteiger charge is 2.15. The van der Waals surface area contributed by atoms with Gasteiger partial charge >= 0.3 is 0 Å². The van der Waals surface area contributed by atoms with Gasteiger partial charge < -0.3 is 15.5 Å². The van der Waals surface area contributed by atoms with Crippen LogP contribution in [0.1, 0.15) is 25.3 Å². The highest BCUT2D eigenvalue weighted by molar-refractivity contribution is 5.54. The Morgan fingerprint density at radius 1 is 1.16 bits per heavy atom. The zero-order valence-corrected chi connectivity index (χ0v) is 12.3. The number of nitrogens with zero attached hydrogens (tertiary/aromatic N) is 2. The highest BCUT2D eigenvalue weighted by Crippen LogP contribution is 2.23. The number of rotatable bonds is 4. The van der Waals surface area contributed by atoms with Crippen molar-refractivity contribution in [1.82, 2.24) is 4.90 Å². The standard InChI is InChI=1S/C16H27N3/c1-3-15(17)13-14-7-4-5-8-16(14)19-10-6-9-18(2)11-12-19/h4-5,7-8,15H,3,6,9-13,17H2,1-2H3. The van der Waals surface area contributed by atoms with Gasteiger partial charge in [-0.1, -0.05) is 25.1 Å². The normalized spacial score (nSPS) is 19.2. The fraction of sp³-hybridized carbons (Fsp3) is 0.625. The Morgan fingerprint density at radius 3 is 2.74 bits per heavy atom. The second-order valence-corrected chi connectivity index (χ2v) is 5.65. The molecule has 1 aliphatic rings. The van der Waals surface area contributed by atoms with Gasteiger partial charge in [0.15, 0.2) is 0 Å². The molecular formula is C16H27N3. The van der Waals surface area contributed by atoms with Crippen molar-refractivity contribution in [3.05, 3.63) is 29.8 Å². The molecule has 0 aromatic heterocycles. The summed E-state index contributed by atoms with van der Waals surface area (Å²) in [4.78, 5) is 4.95. The van der Waals surface area contributed by atoms with E-state index >= 15 is 0 Å². The van der Waals surface area contributed by atoms with Gasteiger partial charge in [0.1, 0.15) is 0 Å². The molecule has 1 aromatic carbocycles. The molecule has 0 amide bonds. The summed E-state index contributed by atoms with van der Waals surface area (Å²) in [5.74, 6) is 0. The molecule has 0 radical (unpaired) electrons. The summed E-state index contributed by atoms with van der Waals surface area (Å²) in [6, 6.07) is 9.04. The van der Waals surface area contributed by atoms with E-state index in [0.29, 0.717) is 0 Å². The summed E-state index contributed by atoms with van der Waals surface area (Å²) >= 11 is 0. The second-order valence-electron chi connectivity index (χ2n) is 5.65. The van der Waals surface area contributed by atoms with Crippen molar-refractivity contribution in [2.45, 2.75) is 32.2 Å². The molecule has 2 N–H and O–H groups in total. The van der Waals surface area contributed by atoms with Crippen LogP contribution in [0.4, 0.5) is 5.69 Å².